The van der Waals surface area contributed by atoms with Gasteiger partial charge >= 0.3 is 0 Å². The van der Waals surface area contributed by atoms with Crippen LogP contribution in [0.2, 0.25) is 0 Å². The highest BCUT2D eigenvalue weighted by Crippen LogP contribution is 2.44. The lowest BCUT2D eigenvalue weighted by Crippen LogP contribution is -2.50. The highest BCUT2D eigenvalue weighted by molar-refractivity contribution is 9.10. The largest absolute Gasteiger partial charge is 0.497 e. The SMILES string of the molecule is COc1ccc(Br)c(CC2(N)CC(C)CC(C)(C)C2)c1. The Bertz CT molecular complexity index is 486. The highest BCUT2D eigenvalue weighted by atomic mass is 79.9. The van der Waals surface area contributed by atoms with Gasteiger partial charge in [0.25, 0.3) is 0 Å². The first-order valence-corrected chi connectivity index (χ1v) is 8.14. The normalized spacial score (nSPS) is 29.2. The standard InChI is InChI=1S/C17H26BrNO/c1-12-8-16(2,3)11-17(19,9-12)10-13-7-14(20-4)5-6-15(13)18/h5-7,12H,8-11,19H2,1-4H3. The Labute approximate surface area is 131 Å². The first-order chi connectivity index (χ1) is 9.23. The van der Waals surface area contributed by atoms with Crippen LogP contribution < -0.4 is 10.5 Å². The fraction of sp³-hybridized carbons (Fsp3) is 0.647. The summed E-state index contributed by atoms with van der Waals surface area (Å²) in [7, 11) is 1.71. The molecule has 1 aromatic rings. The van der Waals surface area contributed by atoms with E-state index in [0.29, 0.717) is 11.3 Å². The van der Waals surface area contributed by atoms with Crippen LogP contribution in [0.5, 0.6) is 5.75 Å². The van der Waals surface area contributed by atoms with Crippen molar-refractivity contribution in [2.45, 2.75) is 52.0 Å². The third-order valence-corrected chi connectivity index (χ3v) is 5.06. The Morgan fingerprint density at radius 3 is 2.65 bits per heavy atom. The summed E-state index contributed by atoms with van der Waals surface area (Å²) in [6, 6.07) is 6.13. The van der Waals surface area contributed by atoms with Crippen molar-refractivity contribution in [3.63, 3.8) is 0 Å². The molecule has 1 saturated carbocycles. The van der Waals surface area contributed by atoms with Gasteiger partial charge in [0.1, 0.15) is 5.75 Å². The first kappa shape index (κ1) is 15.8. The van der Waals surface area contributed by atoms with Crippen LogP contribution in [0.25, 0.3) is 0 Å². The van der Waals surface area contributed by atoms with E-state index in [0.717, 1.165) is 29.5 Å². The number of benzene rings is 1. The van der Waals surface area contributed by atoms with Gasteiger partial charge < -0.3 is 10.5 Å². The summed E-state index contributed by atoms with van der Waals surface area (Å²) in [6.45, 7) is 7.00. The summed E-state index contributed by atoms with van der Waals surface area (Å²) in [5.74, 6) is 1.59. The van der Waals surface area contributed by atoms with Crippen LogP contribution in [0.1, 0.15) is 45.6 Å². The molecule has 0 aliphatic heterocycles. The summed E-state index contributed by atoms with van der Waals surface area (Å²) in [5, 5.41) is 0. The molecule has 0 radical (unpaired) electrons. The Hall–Kier alpha value is -0.540. The third kappa shape index (κ3) is 3.76. The summed E-state index contributed by atoms with van der Waals surface area (Å²) < 4.78 is 6.46. The number of rotatable bonds is 3. The maximum absolute atomic E-state index is 6.76. The zero-order valence-electron chi connectivity index (χ0n) is 13.0. The van der Waals surface area contributed by atoms with Crippen LogP contribution in [0.4, 0.5) is 0 Å². The molecule has 0 saturated heterocycles. The van der Waals surface area contributed by atoms with Crippen molar-refractivity contribution in [3.8, 4) is 5.75 Å². The number of methoxy groups -OCH3 is 1. The van der Waals surface area contributed by atoms with Crippen molar-refractivity contribution in [2.24, 2.45) is 17.1 Å². The molecule has 2 unspecified atom stereocenters. The number of hydrogen-bond acceptors (Lipinski definition) is 2. The third-order valence-electron chi connectivity index (χ3n) is 4.28. The molecule has 0 amide bonds. The van der Waals surface area contributed by atoms with Gasteiger partial charge in [-0.1, -0.05) is 36.7 Å². The molecule has 3 heteroatoms. The lowest BCUT2D eigenvalue weighted by atomic mass is 9.63. The molecule has 1 aliphatic rings. The van der Waals surface area contributed by atoms with E-state index in [1.165, 1.54) is 12.0 Å². The van der Waals surface area contributed by atoms with Gasteiger partial charge in [-0.15, -0.1) is 0 Å². The van der Waals surface area contributed by atoms with E-state index in [9.17, 15) is 0 Å². The van der Waals surface area contributed by atoms with Gasteiger partial charge in [-0.05, 0) is 60.8 Å². The molecule has 0 bridgehead atoms. The van der Waals surface area contributed by atoms with Gasteiger partial charge in [-0.25, -0.2) is 0 Å². The van der Waals surface area contributed by atoms with E-state index in [1.807, 2.05) is 6.07 Å². The van der Waals surface area contributed by atoms with Crippen LogP contribution in [0, 0.1) is 11.3 Å². The van der Waals surface area contributed by atoms with Crippen LogP contribution in [0.15, 0.2) is 22.7 Å². The van der Waals surface area contributed by atoms with Crippen molar-refractivity contribution >= 4 is 15.9 Å². The van der Waals surface area contributed by atoms with Crippen LogP contribution in [0.3, 0.4) is 0 Å². The summed E-state index contributed by atoms with van der Waals surface area (Å²) >= 11 is 3.64. The molecule has 2 atom stereocenters. The molecule has 2 nitrogen and oxygen atoms in total. The van der Waals surface area contributed by atoms with Gasteiger partial charge in [0.05, 0.1) is 7.11 Å². The second-order valence-corrected chi connectivity index (χ2v) is 8.21. The highest BCUT2D eigenvalue weighted by Gasteiger charge is 2.40. The maximum Gasteiger partial charge on any atom is 0.119 e. The molecular weight excluding hydrogens is 314 g/mol. The maximum atomic E-state index is 6.76. The average Bonchev–Trinajstić information content (AvgIpc) is 2.28. The monoisotopic (exact) mass is 339 g/mol. The first-order valence-electron chi connectivity index (χ1n) is 7.34. The van der Waals surface area contributed by atoms with Crippen molar-refractivity contribution in [3.05, 3.63) is 28.2 Å². The molecule has 1 aliphatic carbocycles. The van der Waals surface area contributed by atoms with Crippen molar-refractivity contribution in [2.75, 3.05) is 7.11 Å². The number of nitrogens with two attached hydrogens (primary N) is 1. The smallest absolute Gasteiger partial charge is 0.119 e. The molecule has 112 valence electrons. The summed E-state index contributed by atoms with van der Waals surface area (Å²) in [4.78, 5) is 0. The second kappa shape index (κ2) is 5.69. The minimum Gasteiger partial charge on any atom is -0.497 e. The number of halogens is 1. The van der Waals surface area contributed by atoms with E-state index in [1.54, 1.807) is 7.11 Å². The number of hydrogen-bond donors (Lipinski definition) is 1. The van der Waals surface area contributed by atoms with E-state index in [4.69, 9.17) is 10.5 Å². The minimum atomic E-state index is -0.115. The molecule has 0 spiro atoms. The second-order valence-electron chi connectivity index (χ2n) is 7.35. The quantitative estimate of drug-likeness (QED) is 0.876. The Kier molecular flexibility index (Phi) is 4.50. The fourth-order valence-corrected chi connectivity index (χ4v) is 4.52. The fourth-order valence-electron chi connectivity index (χ4n) is 4.13. The zero-order chi connectivity index (χ0) is 15.0. The molecule has 2 rings (SSSR count). The van der Waals surface area contributed by atoms with Gasteiger partial charge in [-0.3, -0.25) is 0 Å². The zero-order valence-corrected chi connectivity index (χ0v) is 14.6. The topological polar surface area (TPSA) is 35.2 Å². The molecule has 20 heavy (non-hydrogen) atoms. The predicted octanol–water partition coefficient (Wildman–Crippen LogP) is 4.54. The Morgan fingerprint density at radius 1 is 1.35 bits per heavy atom. The molecular formula is C17H26BrNO. The van der Waals surface area contributed by atoms with Gasteiger partial charge in [0, 0.05) is 10.0 Å². The Balaban J connectivity index is 2.23. The number of ether oxygens (including phenoxy) is 1. The van der Waals surface area contributed by atoms with E-state index < -0.39 is 0 Å². The Morgan fingerprint density at radius 2 is 2.05 bits per heavy atom. The van der Waals surface area contributed by atoms with Crippen LogP contribution >= 0.6 is 15.9 Å². The lowest BCUT2D eigenvalue weighted by Gasteiger charge is -2.46. The summed E-state index contributed by atoms with van der Waals surface area (Å²) in [5.41, 5.74) is 8.22. The lowest BCUT2D eigenvalue weighted by molar-refractivity contribution is 0.108. The molecule has 1 aromatic carbocycles. The van der Waals surface area contributed by atoms with E-state index in [-0.39, 0.29) is 5.54 Å². The van der Waals surface area contributed by atoms with Gasteiger partial charge in [0.2, 0.25) is 0 Å². The average molecular weight is 340 g/mol. The van der Waals surface area contributed by atoms with Crippen molar-refractivity contribution in [1.29, 1.82) is 0 Å². The van der Waals surface area contributed by atoms with Crippen LogP contribution in [-0.2, 0) is 6.42 Å². The van der Waals surface area contributed by atoms with Gasteiger partial charge in [0.15, 0.2) is 0 Å². The molecule has 1 fully saturated rings. The van der Waals surface area contributed by atoms with Gasteiger partial charge in [-0.2, -0.15) is 0 Å². The summed E-state index contributed by atoms with van der Waals surface area (Å²) in [6.07, 6.45) is 4.35. The van der Waals surface area contributed by atoms with E-state index in [2.05, 4.69) is 48.8 Å². The van der Waals surface area contributed by atoms with Crippen molar-refractivity contribution < 1.29 is 4.74 Å². The molecule has 2 N–H and O–H groups in total. The molecule has 0 aromatic heterocycles. The molecule has 0 heterocycles. The van der Waals surface area contributed by atoms with E-state index >= 15 is 0 Å². The van der Waals surface area contributed by atoms with Crippen molar-refractivity contribution in [1.82, 2.24) is 0 Å². The van der Waals surface area contributed by atoms with Crippen LogP contribution in [-0.4, -0.2) is 12.6 Å². The minimum absolute atomic E-state index is 0.115. The predicted molar refractivity (Wildman–Crippen MR) is 88.1 cm³/mol.